The van der Waals surface area contributed by atoms with Gasteiger partial charge in [0.25, 0.3) is 0 Å². The van der Waals surface area contributed by atoms with Gasteiger partial charge in [-0.15, -0.1) is 0 Å². The van der Waals surface area contributed by atoms with Crippen LogP contribution >= 0.6 is 0 Å². The lowest BCUT2D eigenvalue weighted by Gasteiger charge is -2.23. The smallest absolute Gasteiger partial charge is 0.408 e. The van der Waals surface area contributed by atoms with Crippen molar-refractivity contribution in [3.63, 3.8) is 0 Å². The molecule has 0 spiro atoms. The molecule has 0 aliphatic carbocycles. The molecular formula is C45H77N7O16. The van der Waals surface area contributed by atoms with Crippen LogP contribution in [-0.2, 0) is 68.4 Å². The number of rotatable bonds is 37. The number of carbonyl (C=O) groups is 7. The molecule has 0 saturated heterocycles. The van der Waals surface area contributed by atoms with E-state index in [1.165, 1.54) is 0 Å². The lowest BCUT2D eigenvalue weighted by atomic mass is 10.1. The van der Waals surface area contributed by atoms with Gasteiger partial charge in [0, 0.05) is 58.5 Å². The van der Waals surface area contributed by atoms with Gasteiger partial charge in [0.05, 0.1) is 79.3 Å². The van der Waals surface area contributed by atoms with Gasteiger partial charge in [-0.2, -0.15) is 0 Å². The molecular weight excluding hydrogens is 895 g/mol. The Morgan fingerprint density at radius 3 is 1.31 bits per heavy atom. The molecule has 388 valence electrons. The van der Waals surface area contributed by atoms with Crippen molar-refractivity contribution in [1.29, 1.82) is 0 Å². The molecule has 0 bridgehead atoms. The van der Waals surface area contributed by atoms with Gasteiger partial charge in [0.1, 0.15) is 23.9 Å². The minimum Gasteiger partial charge on any atom is -0.445 e. The van der Waals surface area contributed by atoms with Crippen LogP contribution in [0.1, 0.15) is 72.8 Å². The highest BCUT2D eigenvalue weighted by atomic mass is 16.6. The summed E-state index contributed by atoms with van der Waals surface area (Å²) in [5.41, 5.74) is -0.495. The second kappa shape index (κ2) is 37.6. The Morgan fingerprint density at radius 1 is 0.441 bits per heavy atom. The van der Waals surface area contributed by atoms with Gasteiger partial charge in [0.2, 0.25) is 23.6 Å². The Kier molecular flexibility index (Phi) is 33.6. The van der Waals surface area contributed by atoms with E-state index >= 15 is 0 Å². The first-order valence-electron chi connectivity index (χ1n) is 22.9. The van der Waals surface area contributed by atoms with E-state index in [-0.39, 0.29) is 96.7 Å². The van der Waals surface area contributed by atoms with Gasteiger partial charge >= 0.3 is 18.3 Å². The van der Waals surface area contributed by atoms with Crippen LogP contribution in [0, 0.1) is 0 Å². The molecule has 0 heterocycles. The molecule has 0 radical (unpaired) electrons. The Labute approximate surface area is 400 Å². The normalized spacial score (nSPS) is 11.7. The van der Waals surface area contributed by atoms with Crippen molar-refractivity contribution in [2.75, 3.05) is 119 Å². The molecule has 0 fully saturated rings. The van der Waals surface area contributed by atoms with E-state index in [1.807, 2.05) is 30.3 Å². The molecule has 1 aromatic rings. The van der Waals surface area contributed by atoms with Gasteiger partial charge < -0.3 is 79.8 Å². The third-order valence-corrected chi connectivity index (χ3v) is 8.26. The van der Waals surface area contributed by atoms with Crippen LogP contribution in [0.25, 0.3) is 0 Å². The minimum atomic E-state index is -1.11. The van der Waals surface area contributed by atoms with Gasteiger partial charge in [-0.3, -0.25) is 19.2 Å². The summed E-state index contributed by atoms with van der Waals surface area (Å²) < 4.78 is 48.0. The van der Waals surface area contributed by atoms with Crippen LogP contribution in [0.15, 0.2) is 30.3 Å². The van der Waals surface area contributed by atoms with E-state index in [0.29, 0.717) is 65.9 Å². The second-order valence-electron chi connectivity index (χ2n) is 16.7. The van der Waals surface area contributed by atoms with Gasteiger partial charge in [-0.05, 0) is 53.5 Å². The average molecular weight is 972 g/mol. The summed E-state index contributed by atoms with van der Waals surface area (Å²) in [6, 6.07) is 8.25. The summed E-state index contributed by atoms with van der Waals surface area (Å²) in [7, 11) is 0. The number of hydrogen-bond donors (Lipinski definition) is 7. The highest BCUT2D eigenvalue weighted by Gasteiger charge is 2.25. The predicted molar refractivity (Wildman–Crippen MR) is 247 cm³/mol. The van der Waals surface area contributed by atoms with Crippen molar-refractivity contribution in [2.24, 2.45) is 0 Å². The van der Waals surface area contributed by atoms with Gasteiger partial charge in [-0.25, -0.2) is 14.4 Å². The molecule has 7 amide bonds. The van der Waals surface area contributed by atoms with E-state index in [0.717, 1.165) is 5.56 Å². The Balaban J connectivity index is 2.13. The fraction of sp³-hybridized carbons (Fsp3) is 0.711. The summed E-state index contributed by atoms with van der Waals surface area (Å²) in [5.74, 6) is -1.52. The summed E-state index contributed by atoms with van der Waals surface area (Å²) in [6.45, 7) is 15.1. The first-order chi connectivity index (χ1) is 32.4. The number of carbonyl (C=O) groups excluding carboxylic acids is 7. The SMILES string of the molecule is CC(C)(C)OC(=O)NCCOCCOCCOCCC(=O)NCCNC(=O)CC[C@H](NC(=O)OC(C)(C)C)C(=O)NCCNC(=O)CCOCCOCCOCCNC(=O)OCc1ccccc1. The van der Waals surface area contributed by atoms with E-state index in [2.05, 4.69) is 37.2 Å². The minimum absolute atomic E-state index is 0.0451. The monoisotopic (exact) mass is 972 g/mol. The third-order valence-electron chi connectivity index (χ3n) is 8.26. The molecule has 1 atom stereocenters. The summed E-state index contributed by atoms with van der Waals surface area (Å²) in [6.07, 6.45) is -1.82. The van der Waals surface area contributed by atoms with Crippen LogP contribution in [0.3, 0.4) is 0 Å². The zero-order valence-electron chi connectivity index (χ0n) is 40.8. The summed E-state index contributed by atoms with van der Waals surface area (Å²) >= 11 is 0. The maximum atomic E-state index is 13.0. The van der Waals surface area contributed by atoms with Gasteiger partial charge in [-0.1, -0.05) is 30.3 Å². The maximum Gasteiger partial charge on any atom is 0.408 e. The largest absolute Gasteiger partial charge is 0.445 e. The zero-order chi connectivity index (χ0) is 50.3. The maximum absolute atomic E-state index is 13.0. The Morgan fingerprint density at radius 2 is 0.838 bits per heavy atom. The number of benzene rings is 1. The molecule has 1 aromatic carbocycles. The van der Waals surface area contributed by atoms with Crippen LogP contribution in [-0.4, -0.2) is 178 Å². The number of amides is 7. The van der Waals surface area contributed by atoms with E-state index in [9.17, 15) is 33.6 Å². The van der Waals surface area contributed by atoms with Crippen LogP contribution in [0.2, 0.25) is 0 Å². The van der Waals surface area contributed by atoms with Crippen molar-refractivity contribution in [3.8, 4) is 0 Å². The lowest BCUT2D eigenvalue weighted by Crippen LogP contribution is -2.49. The topological polar surface area (TPSA) is 287 Å². The average Bonchev–Trinajstić information content (AvgIpc) is 3.27. The van der Waals surface area contributed by atoms with Crippen molar-refractivity contribution in [1.82, 2.24) is 37.2 Å². The Bertz CT molecular complexity index is 1580. The number of alkyl carbamates (subject to hydrolysis) is 3. The molecule has 0 aromatic heterocycles. The molecule has 0 aliphatic rings. The van der Waals surface area contributed by atoms with Gasteiger partial charge in [0.15, 0.2) is 0 Å². The van der Waals surface area contributed by atoms with E-state index in [1.54, 1.807) is 41.5 Å². The highest BCUT2D eigenvalue weighted by Crippen LogP contribution is 2.09. The second-order valence-corrected chi connectivity index (χ2v) is 16.7. The molecule has 68 heavy (non-hydrogen) atoms. The molecule has 1 rings (SSSR count). The van der Waals surface area contributed by atoms with E-state index < -0.39 is 47.3 Å². The predicted octanol–water partition coefficient (Wildman–Crippen LogP) is 1.46. The van der Waals surface area contributed by atoms with Crippen molar-refractivity contribution in [3.05, 3.63) is 35.9 Å². The number of ether oxygens (including phenoxy) is 9. The first-order valence-corrected chi connectivity index (χ1v) is 22.9. The van der Waals surface area contributed by atoms with Crippen LogP contribution in [0.4, 0.5) is 14.4 Å². The summed E-state index contributed by atoms with van der Waals surface area (Å²) in [4.78, 5) is 85.7. The molecule has 23 nitrogen and oxygen atoms in total. The Hall–Kier alpha value is -5.33. The van der Waals surface area contributed by atoms with E-state index in [4.69, 9.17) is 42.6 Å². The van der Waals surface area contributed by atoms with Crippen molar-refractivity contribution < 1.29 is 76.2 Å². The molecule has 0 saturated carbocycles. The summed E-state index contributed by atoms with van der Waals surface area (Å²) in [5, 5.41) is 18.4. The van der Waals surface area contributed by atoms with Crippen LogP contribution < -0.4 is 37.2 Å². The number of hydrogen-bond acceptors (Lipinski definition) is 16. The molecule has 23 heteroatoms. The quantitative estimate of drug-likeness (QED) is 0.0367. The third kappa shape index (κ3) is 38.7. The van der Waals surface area contributed by atoms with Crippen LogP contribution in [0.5, 0.6) is 0 Å². The molecule has 0 aliphatic heterocycles. The standard InChI is InChI=1S/C45H77N7O16/c1-44(2,3)67-42(58)51-21-25-63-29-33-65-31-26-60-22-14-38(54)47-17-16-46-37(53)13-12-36(52-43(59)68-45(4,5)6)40(56)49-19-18-48-39(55)15-23-61-27-30-64-32-28-62-24-20-50-41(57)66-34-35-10-8-7-9-11-35/h7-11,36H,12-34H2,1-6H3,(H,46,53)(H,47,54)(H,48,55)(H,49,56)(H,50,57)(H,51,58)(H,52,59)/t36-/m0/s1. The fourth-order valence-electron chi connectivity index (χ4n) is 5.13. The number of nitrogens with one attached hydrogen (secondary N) is 7. The van der Waals surface area contributed by atoms with Crippen molar-refractivity contribution in [2.45, 2.75) is 91.1 Å². The molecule has 0 unspecified atom stereocenters. The fourth-order valence-corrected chi connectivity index (χ4v) is 5.13. The zero-order valence-corrected chi connectivity index (χ0v) is 40.8. The molecule has 7 N–H and O–H groups in total. The highest BCUT2D eigenvalue weighted by molar-refractivity contribution is 5.86. The van der Waals surface area contributed by atoms with Crippen molar-refractivity contribution >= 4 is 41.9 Å². The lowest BCUT2D eigenvalue weighted by molar-refractivity contribution is -0.125. The first kappa shape index (κ1) is 60.7.